The molecular weight excluding hydrogens is 600 g/mol. The van der Waals surface area contributed by atoms with Crippen LogP contribution in [0.15, 0.2) is 45.6 Å². The third-order valence-corrected chi connectivity index (χ3v) is 7.81. The zero-order chi connectivity index (χ0) is 32.6. The average molecular weight is 637 g/mol. The maximum Gasteiger partial charge on any atom is 0.229 e. The first-order chi connectivity index (χ1) is 21.5. The van der Waals surface area contributed by atoms with Gasteiger partial charge in [-0.25, -0.2) is 0 Å². The predicted octanol–water partition coefficient (Wildman–Crippen LogP) is -0.484. The Hall–Kier alpha value is -3.51. The Balaban J connectivity index is 1.39. The third kappa shape index (κ3) is 6.44. The van der Waals surface area contributed by atoms with Crippen LogP contribution < -0.4 is 24.4 Å². The molecule has 2 aliphatic heterocycles. The molecule has 15 heteroatoms. The van der Waals surface area contributed by atoms with Crippen molar-refractivity contribution < 1.29 is 68.2 Å². The van der Waals surface area contributed by atoms with Crippen molar-refractivity contribution in [3.63, 3.8) is 0 Å². The van der Waals surface area contributed by atoms with Gasteiger partial charge in [0.05, 0.1) is 34.0 Å². The molecule has 2 fully saturated rings. The summed E-state index contributed by atoms with van der Waals surface area (Å²) in [6, 6.07) is 9.04. The van der Waals surface area contributed by atoms with Crippen molar-refractivity contribution in [3.8, 4) is 34.3 Å². The molecular formula is C30H36O15. The zero-order valence-electron chi connectivity index (χ0n) is 24.8. The molecule has 2 saturated heterocycles. The maximum atomic E-state index is 13.2. The van der Waals surface area contributed by atoms with Crippen LogP contribution in [0.4, 0.5) is 0 Å². The van der Waals surface area contributed by atoms with Crippen LogP contribution in [0.2, 0.25) is 0 Å². The predicted molar refractivity (Wildman–Crippen MR) is 153 cm³/mol. The van der Waals surface area contributed by atoms with E-state index in [0.29, 0.717) is 17.1 Å². The lowest BCUT2D eigenvalue weighted by Gasteiger charge is -2.42. The smallest absolute Gasteiger partial charge is 0.229 e. The Kier molecular flexibility index (Phi) is 9.83. The number of methoxy groups -OCH3 is 3. The molecule has 246 valence electrons. The van der Waals surface area contributed by atoms with Gasteiger partial charge in [-0.1, -0.05) is 0 Å². The highest BCUT2D eigenvalue weighted by Crippen LogP contribution is 2.36. The van der Waals surface area contributed by atoms with Gasteiger partial charge < -0.3 is 68.2 Å². The summed E-state index contributed by atoms with van der Waals surface area (Å²) < 4.78 is 44.6. The molecule has 3 heterocycles. The Bertz CT molecular complexity index is 1540. The van der Waals surface area contributed by atoms with Crippen LogP contribution in [0.5, 0.6) is 23.0 Å². The summed E-state index contributed by atoms with van der Waals surface area (Å²) in [4.78, 5) is 13.2. The fraction of sp³-hybridized carbons (Fsp3) is 0.500. The normalized spacial score (nSPS) is 31.9. The number of benzene rings is 2. The summed E-state index contributed by atoms with van der Waals surface area (Å²) in [5, 5.41) is 62.0. The molecule has 2 aliphatic rings. The van der Waals surface area contributed by atoms with Crippen LogP contribution in [0.1, 0.15) is 6.92 Å². The minimum Gasteiger partial charge on any atom is -0.496 e. The SMILES string of the molecule is COc1ccc(-c2cc(=O)c3c(OC)cc(O[C@@H]4O[C@H](CO[C@@H]5O[C@H](C)[C@@H](O)[C@H](O)[C@H]5O)[C@@H](O)[C@H](O)[C@H]4O)cc3o2)cc1OC. The van der Waals surface area contributed by atoms with E-state index in [4.69, 9.17) is 37.6 Å². The molecule has 2 aromatic carbocycles. The van der Waals surface area contributed by atoms with E-state index in [1.165, 1.54) is 46.5 Å². The van der Waals surface area contributed by atoms with E-state index < -0.39 is 73.4 Å². The van der Waals surface area contributed by atoms with Gasteiger partial charge in [-0.3, -0.25) is 4.79 Å². The van der Waals surface area contributed by atoms with Gasteiger partial charge in [0.15, 0.2) is 23.2 Å². The highest BCUT2D eigenvalue weighted by Gasteiger charge is 2.47. The summed E-state index contributed by atoms with van der Waals surface area (Å²) in [6.07, 6.45) is -14.7. The largest absolute Gasteiger partial charge is 0.496 e. The van der Waals surface area contributed by atoms with Gasteiger partial charge in [0.25, 0.3) is 0 Å². The maximum absolute atomic E-state index is 13.2. The van der Waals surface area contributed by atoms with Crippen molar-refractivity contribution in [1.29, 1.82) is 0 Å². The molecule has 45 heavy (non-hydrogen) atoms. The van der Waals surface area contributed by atoms with Crippen LogP contribution in [0.3, 0.4) is 0 Å². The molecule has 5 rings (SSSR count). The van der Waals surface area contributed by atoms with Crippen molar-refractivity contribution in [1.82, 2.24) is 0 Å². The monoisotopic (exact) mass is 636 g/mol. The second kappa shape index (κ2) is 13.5. The number of aliphatic hydroxyl groups is 6. The number of fused-ring (bicyclic) bond motifs is 1. The van der Waals surface area contributed by atoms with Crippen molar-refractivity contribution in [2.45, 2.75) is 68.3 Å². The second-order valence-electron chi connectivity index (χ2n) is 10.7. The van der Waals surface area contributed by atoms with Gasteiger partial charge in [-0.05, 0) is 25.1 Å². The van der Waals surface area contributed by atoms with E-state index in [1.807, 2.05) is 0 Å². The molecule has 1 aromatic heterocycles. The summed E-state index contributed by atoms with van der Waals surface area (Å²) in [5.74, 6) is 1.23. The van der Waals surface area contributed by atoms with E-state index in [-0.39, 0.29) is 28.2 Å². The minimum absolute atomic E-state index is 0.0243. The minimum atomic E-state index is -1.74. The Morgan fingerprint density at radius 2 is 1.38 bits per heavy atom. The van der Waals surface area contributed by atoms with Crippen LogP contribution in [-0.2, 0) is 14.2 Å². The lowest BCUT2D eigenvalue weighted by molar-refractivity contribution is -0.318. The number of hydrogen-bond donors (Lipinski definition) is 6. The quantitative estimate of drug-likeness (QED) is 0.175. The zero-order valence-corrected chi connectivity index (χ0v) is 24.8. The highest BCUT2D eigenvalue weighted by atomic mass is 16.7. The van der Waals surface area contributed by atoms with E-state index in [0.717, 1.165) is 0 Å². The molecule has 15 nitrogen and oxygen atoms in total. The van der Waals surface area contributed by atoms with Gasteiger partial charge in [0.2, 0.25) is 6.29 Å². The van der Waals surface area contributed by atoms with Crippen LogP contribution >= 0.6 is 0 Å². The molecule has 0 radical (unpaired) electrons. The number of rotatable bonds is 9. The molecule has 6 N–H and O–H groups in total. The molecule has 0 unspecified atom stereocenters. The van der Waals surface area contributed by atoms with Crippen molar-refractivity contribution in [2.75, 3.05) is 27.9 Å². The average Bonchev–Trinajstić information content (AvgIpc) is 3.04. The van der Waals surface area contributed by atoms with E-state index in [1.54, 1.807) is 18.2 Å². The fourth-order valence-corrected chi connectivity index (χ4v) is 5.22. The van der Waals surface area contributed by atoms with Gasteiger partial charge in [0, 0.05) is 23.8 Å². The Morgan fingerprint density at radius 1 is 0.711 bits per heavy atom. The first kappa shape index (κ1) is 32.9. The topological polar surface area (TPSA) is 216 Å². The summed E-state index contributed by atoms with van der Waals surface area (Å²) in [5.41, 5.74) is 0.185. The molecule has 0 bridgehead atoms. The summed E-state index contributed by atoms with van der Waals surface area (Å²) in [7, 11) is 4.32. The van der Waals surface area contributed by atoms with Crippen LogP contribution in [0.25, 0.3) is 22.3 Å². The van der Waals surface area contributed by atoms with E-state index in [2.05, 4.69) is 0 Å². The van der Waals surface area contributed by atoms with Crippen LogP contribution in [0, 0.1) is 0 Å². The van der Waals surface area contributed by atoms with Gasteiger partial charge in [0.1, 0.15) is 71.0 Å². The van der Waals surface area contributed by atoms with E-state index >= 15 is 0 Å². The van der Waals surface area contributed by atoms with Gasteiger partial charge in [-0.2, -0.15) is 0 Å². The molecule has 3 aromatic rings. The van der Waals surface area contributed by atoms with Crippen LogP contribution in [-0.4, -0.2) is 120 Å². The van der Waals surface area contributed by atoms with Crippen molar-refractivity contribution in [3.05, 3.63) is 46.6 Å². The summed E-state index contributed by atoms with van der Waals surface area (Å²) >= 11 is 0. The molecule has 10 atom stereocenters. The third-order valence-electron chi connectivity index (χ3n) is 7.81. The summed E-state index contributed by atoms with van der Waals surface area (Å²) in [6.45, 7) is 1.01. The molecule has 0 amide bonds. The first-order valence-corrected chi connectivity index (χ1v) is 14.0. The number of hydrogen-bond acceptors (Lipinski definition) is 15. The highest BCUT2D eigenvalue weighted by molar-refractivity contribution is 5.86. The van der Waals surface area contributed by atoms with E-state index in [9.17, 15) is 35.4 Å². The van der Waals surface area contributed by atoms with Gasteiger partial charge in [-0.15, -0.1) is 0 Å². The second-order valence-corrected chi connectivity index (χ2v) is 10.7. The van der Waals surface area contributed by atoms with Crippen molar-refractivity contribution >= 4 is 11.0 Å². The molecule has 0 spiro atoms. The van der Waals surface area contributed by atoms with Crippen molar-refractivity contribution in [2.24, 2.45) is 0 Å². The molecule has 0 saturated carbocycles. The fourth-order valence-electron chi connectivity index (χ4n) is 5.22. The Labute approximate surface area is 256 Å². The molecule has 0 aliphatic carbocycles. The van der Waals surface area contributed by atoms with Gasteiger partial charge >= 0.3 is 0 Å². The number of ether oxygens (including phenoxy) is 7. The Morgan fingerprint density at radius 3 is 2.07 bits per heavy atom. The standard InChI is InChI=1S/C30H36O15/c1-12-23(32)25(34)27(36)29(42-12)41-11-21-24(33)26(35)28(37)30(45-21)43-14-8-19(40-4)22-15(31)10-17(44-20(22)9-14)13-5-6-16(38-2)18(7-13)39-3/h5-10,12,21,23-30,32-37H,11H2,1-4H3/t12-,21-,23-,24-,25+,26+,27-,28-,29-,30-/m1/s1. The first-order valence-electron chi connectivity index (χ1n) is 14.0. The lowest BCUT2D eigenvalue weighted by atomic mass is 9.98. The number of aliphatic hydroxyl groups excluding tert-OH is 6. The lowest BCUT2D eigenvalue weighted by Crippen LogP contribution is -2.61.